The predicted molar refractivity (Wildman–Crippen MR) is 111 cm³/mol. The normalized spacial score (nSPS) is 14.8. The molecule has 1 aromatic carbocycles. The van der Waals surface area contributed by atoms with E-state index in [1.165, 1.54) is 0 Å². The van der Waals surface area contributed by atoms with Crippen LogP contribution in [0.5, 0.6) is 0 Å². The minimum absolute atomic E-state index is 0.0904. The van der Waals surface area contributed by atoms with Crippen molar-refractivity contribution < 1.29 is 4.79 Å². The maximum absolute atomic E-state index is 13.0. The van der Waals surface area contributed by atoms with Crippen LogP contribution in [0, 0.1) is 11.3 Å². The summed E-state index contributed by atoms with van der Waals surface area (Å²) in [5, 5.41) is 8.39. The Balaban J connectivity index is 1.75. The second-order valence-electron chi connectivity index (χ2n) is 7.66. The molecule has 5 heteroatoms. The van der Waals surface area contributed by atoms with Gasteiger partial charge in [0.2, 0.25) is 0 Å². The molecule has 1 atom stereocenters. The Bertz CT molecular complexity index is 803. The Morgan fingerprint density at radius 2 is 1.85 bits per heavy atom. The number of carbonyl (C=O) groups is 1. The molecule has 142 valence electrons. The molecular formula is C22H28N4O. The number of para-hydroxylation sites is 2. The molecular weight excluding hydrogens is 336 g/mol. The third-order valence-electron chi connectivity index (χ3n) is 4.96. The van der Waals surface area contributed by atoms with Gasteiger partial charge in [-0.3, -0.25) is 15.2 Å². The number of fused-ring (bicyclic) bond motifs is 1. The number of rotatable bonds is 6. The summed E-state index contributed by atoms with van der Waals surface area (Å²) >= 11 is 0. The van der Waals surface area contributed by atoms with Crippen molar-refractivity contribution in [1.29, 1.82) is 5.41 Å². The molecule has 1 aromatic heterocycles. The molecule has 0 aliphatic carbocycles. The van der Waals surface area contributed by atoms with Crippen LogP contribution >= 0.6 is 0 Å². The first-order chi connectivity index (χ1) is 13.0. The quantitative estimate of drug-likeness (QED) is 0.785. The molecule has 3 rings (SSSR count). The number of benzene rings is 1. The number of hydrogen-bond donors (Lipinski definition) is 1. The number of pyridine rings is 1. The summed E-state index contributed by atoms with van der Waals surface area (Å²) in [7, 11) is 0. The van der Waals surface area contributed by atoms with Crippen molar-refractivity contribution in [3.05, 3.63) is 54.4 Å². The second kappa shape index (κ2) is 8.33. The van der Waals surface area contributed by atoms with E-state index in [-0.39, 0.29) is 17.5 Å². The first-order valence-electron chi connectivity index (χ1n) is 9.60. The first-order valence-corrected chi connectivity index (χ1v) is 9.60. The van der Waals surface area contributed by atoms with Crippen LogP contribution in [0.4, 0.5) is 11.4 Å². The van der Waals surface area contributed by atoms with Gasteiger partial charge in [-0.25, -0.2) is 0 Å². The van der Waals surface area contributed by atoms with E-state index < -0.39 is 0 Å². The summed E-state index contributed by atoms with van der Waals surface area (Å²) in [6.07, 6.45) is 3.96. The lowest BCUT2D eigenvalue weighted by atomic mass is 9.96. The van der Waals surface area contributed by atoms with Crippen molar-refractivity contribution >= 4 is 23.0 Å². The Kier molecular flexibility index (Phi) is 5.89. The highest BCUT2D eigenvalue weighted by Crippen LogP contribution is 2.33. The maximum atomic E-state index is 13.0. The Labute approximate surface area is 161 Å². The maximum Gasteiger partial charge on any atom is 0.272 e. The first kappa shape index (κ1) is 19.1. The van der Waals surface area contributed by atoms with Gasteiger partial charge in [0, 0.05) is 38.4 Å². The van der Waals surface area contributed by atoms with Crippen molar-refractivity contribution in [3.63, 3.8) is 0 Å². The van der Waals surface area contributed by atoms with E-state index in [9.17, 15) is 4.79 Å². The average Bonchev–Trinajstić information content (AvgIpc) is 2.68. The summed E-state index contributed by atoms with van der Waals surface area (Å²) in [6, 6.07) is 11.9. The summed E-state index contributed by atoms with van der Waals surface area (Å²) in [5.74, 6) is 0.453. The van der Waals surface area contributed by atoms with Crippen LogP contribution in [0.25, 0.3) is 0 Å². The topological polar surface area (TPSA) is 60.3 Å². The van der Waals surface area contributed by atoms with Gasteiger partial charge in [0.15, 0.2) is 0 Å². The third kappa shape index (κ3) is 4.35. The van der Waals surface area contributed by atoms with Gasteiger partial charge >= 0.3 is 0 Å². The fourth-order valence-electron chi connectivity index (χ4n) is 3.60. The van der Waals surface area contributed by atoms with Gasteiger partial charge in [-0.15, -0.1) is 0 Å². The molecule has 5 nitrogen and oxygen atoms in total. The number of carbonyl (C=O) groups excluding carboxylic acids is 1. The third-order valence-corrected chi connectivity index (χ3v) is 4.96. The molecule has 0 bridgehead atoms. The highest BCUT2D eigenvalue weighted by Gasteiger charge is 2.29. The molecule has 1 aliphatic rings. The summed E-state index contributed by atoms with van der Waals surface area (Å²) < 4.78 is 0. The van der Waals surface area contributed by atoms with Crippen LogP contribution in [0.15, 0.2) is 48.8 Å². The van der Waals surface area contributed by atoms with Crippen LogP contribution in [-0.4, -0.2) is 36.2 Å². The number of amides is 1. The largest absolute Gasteiger partial charge is 0.368 e. The van der Waals surface area contributed by atoms with Crippen molar-refractivity contribution in [1.82, 2.24) is 4.98 Å². The molecule has 0 saturated heterocycles. The zero-order valence-corrected chi connectivity index (χ0v) is 16.4. The smallest absolute Gasteiger partial charge is 0.272 e. The van der Waals surface area contributed by atoms with Crippen molar-refractivity contribution in [3.8, 4) is 0 Å². The lowest BCUT2D eigenvalue weighted by Crippen LogP contribution is -2.47. The highest BCUT2D eigenvalue weighted by atomic mass is 16.2. The Morgan fingerprint density at radius 3 is 2.52 bits per heavy atom. The van der Waals surface area contributed by atoms with E-state index in [4.69, 9.17) is 5.41 Å². The van der Waals surface area contributed by atoms with E-state index in [0.29, 0.717) is 18.9 Å². The molecule has 0 radical (unpaired) electrons. The molecule has 2 heterocycles. The van der Waals surface area contributed by atoms with Crippen molar-refractivity contribution in [2.75, 3.05) is 29.4 Å². The van der Waals surface area contributed by atoms with Crippen LogP contribution in [0.1, 0.15) is 38.7 Å². The minimum Gasteiger partial charge on any atom is -0.368 e. The molecule has 27 heavy (non-hydrogen) atoms. The number of aromatic nitrogens is 1. The number of hydrogen-bond acceptors (Lipinski definition) is 4. The molecule has 0 saturated carbocycles. The lowest BCUT2D eigenvalue weighted by Gasteiger charge is -2.38. The van der Waals surface area contributed by atoms with Crippen LogP contribution < -0.4 is 9.80 Å². The average molecular weight is 364 g/mol. The van der Waals surface area contributed by atoms with E-state index in [1.807, 2.05) is 43.5 Å². The lowest BCUT2D eigenvalue weighted by molar-refractivity contribution is -0.112. The molecule has 1 aliphatic heterocycles. The number of nitrogens with zero attached hydrogens (tertiary/aromatic N) is 3. The van der Waals surface area contributed by atoms with Crippen molar-refractivity contribution in [2.24, 2.45) is 5.92 Å². The SMILES string of the molecule is CC(C)CN1CCN(C(=O)C(=N)CC(C)c2cccnc2)c2ccccc21. The molecule has 0 fully saturated rings. The summed E-state index contributed by atoms with van der Waals surface area (Å²) in [5.41, 5.74) is 3.20. The van der Waals surface area contributed by atoms with E-state index in [0.717, 1.165) is 30.0 Å². The fourth-order valence-corrected chi connectivity index (χ4v) is 3.60. The number of anilines is 2. The number of nitrogens with one attached hydrogen (secondary N) is 1. The fraction of sp³-hybridized carbons (Fsp3) is 0.409. The zero-order chi connectivity index (χ0) is 19.4. The Hall–Kier alpha value is -2.69. The van der Waals surface area contributed by atoms with E-state index >= 15 is 0 Å². The molecule has 1 amide bonds. The Morgan fingerprint density at radius 1 is 1.11 bits per heavy atom. The minimum atomic E-state index is -0.192. The predicted octanol–water partition coefficient (Wildman–Crippen LogP) is 4.10. The van der Waals surface area contributed by atoms with Crippen LogP contribution in [0.2, 0.25) is 0 Å². The van der Waals surface area contributed by atoms with Gasteiger partial charge < -0.3 is 9.80 Å². The monoisotopic (exact) mass is 364 g/mol. The van der Waals surface area contributed by atoms with Crippen molar-refractivity contribution in [2.45, 2.75) is 33.1 Å². The van der Waals surface area contributed by atoms with Gasteiger partial charge in [0.05, 0.1) is 17.1 Å². The van der Waals surface area contributed by atoms with Crippen LogP contribution in [-0.2, 0) is 4.79 Å². The van der Waals surface area contributed by atoms with Gasteiger partial charge in [-0.05, 0) is 35.6 Å². The van der Waals surface area contributed by atoms with Gasteiger partial charge in [-0.2, -0.15) is 0 Å². The molecule has 2 aromatic rings. The highest BCUT2D eigenvalue weighted by molar-refractivity contribution is 6.43. The summed E-state index contributed by atoms with van der Waals surface area (Å²) in [4.78, 5) is 21.3. The van der Waals surface area contributed by atoms with E-state index in [1.54, 1.807) is 11.1 Å². The molecule has 1 unspecified atom stereocenters. The van der Waals surface area contributed by atoms with Gasteiger partial charge in [-0.1, -0.05) is 39.0 Å². The van der Waals surface area contributed by atoms with Gasteiger partial charge in [0.25, 0.3) is 5.91 Å². The zero-order valence-electron chi connectivity index (χ0n) is 16.4. The van der Waals surface area contributed by atoms with Crippen LogP contribution in [0.3, 0.4) is 0 Å². The second-order valence-corrected chi connectivity index (χ2v) is 7.66. The summed E-state index contributed by atoms with van der Waals surface area (Å²) in [6.45, 7) is 8.83. The standard InChI is InChI=1S/C22H28N4O/c1-16(2)15-25-11-12-26(21-9-5-4-8-20(21)25)22(27)19(23)13-17(3)18-7-6-10-24-14-18/h4-10,14,16-17,23H,11-13,15H2,1-3H3. The van der Waals surface area contributed by atoms with E-state index in [2.05, 4.69) is 29.8 Å². The molecule has 0 spiro atoms. The molecule has 1 N–H and O–H groups in total. The van der Waals surface area contributed by atoms with Gasteiger partial charge in [0.1, 0.15) is 0 Å².